The van der Waals surface area contributed by atoms with Crippen LogP contribution in [0.3, 0.4) is 0 Å². The van der Waals surface area contributed by atoms with Crippen LogP contribution < -0.4 is 5.32 Å². The smallest absolute Gasteiger partial charge is 0.305 e. The summed E-state index contributed by atoms with van der Waals surface area (Å²) < 4.78 is 5.47. The maximum Gasteiger partial charge on any atom is 0.305 e. The van der Waals surface area contributed by atoms with Gasteiger partial charge in [0.05, 0.1) is 25.4 Å². The molecule has 1 amide bonds. The molecule has 0 saturated heterocycles. The lowest BCUT2D eigenvalue weighted by atomic mass is 10.0. The first kappa shape index (κ1) is 73.8. The van der Waals surface area contributed by atoms with Crippen LogP contribution in [0.5, 0.6) is 0 Å². The first-order chi connectivity index (χ1) is 37.5. The largest absolute Gasteiger partial charge is 0.466 e. The molecule has 2 unspecified atom stereocenters. The molecular formula is C70H131NO5. The molecule has 0 aliphatic carbocycles. The zero-order valence-electron chi connectivity index (χ0n) is 51.0. The van der Waals surface area contributed by atoms with Crippen molar-refractivity contribution in [2.24, 2.45) is 0 Å². The number of allylic oxidation sites excluding steroid dienone is 7. The van der Waals surface area contributed by atoms with Gasteiger partial charge in [0.1, 0.15) is 0 Å². The van der Waals surface area contributed by atoms with Crippen LogP contribution in [0.1, 0.15) is 361 Å². The summed E-state index contributed by atoms with van der Waals surface area (Å²) in [6.07, 6.45) is 84.6. The van der Waals surface area contributed by atoms with Crippen molar-refractivity contribution in [2.75, 3.05) is 13.2 Å². The third kappa shape index (κ3) is 61.0. The van der Waals surface area contributed by atoms with Gasteiger partial charge in [-0.1, -0.05) is 306 Å². The summed E-state index contributed by atoms with van der Waals surface area (Å²) in [5.41, 5.74) is 0. The molecule has 0 spiro atoms. The van der Waals surface area contributed by atoms with E-state index in [0.717, 1.165) is 51.4 Å². The van der Waals surface area contributed by atoms with Crippen molar-refractivity contribution >= 4 is 11.9 Å². The van der Waals surface area contributed by atoms with E-state index < -0.39 is 12.1 Å². The number of hydrogen-bond acceptors (Lipinski definition) is 5. The number of esters is 1. The summed E-state index contributed by atoms with van der Waals surface area (Å²) in [4.78, 5) is 24.5. The second-order valence-corrected chi connectivity index (χ2v) is 23.1. The van der Waals surface area contributed by atoms with Crippen LogP contribution in [-0.4, -0.2) is 47.4 Å². The predicted octanol–water partition coefficient (Wildman–Crippen LogP) is 21.7. The maximum atomic E-state index is 12.5. The van der Waals surface area contributed by atoms with E-state index in [2.05, 4.69) is 55.6 Å². The summed E-state index contributed by atoms with van der Waals surface area (Å²) in [5, 5.41) is 23.2. The molecule has 0 heterocycles. The number of hydrogen-bond donors (Lipinski definition) is 3. The summed E-state index contributed by atoms with van der Waals surface area (Å²) in [5.74, 6) is -0.0653. The summed E-state index contributed by atoms with van der Waals surface area (Å²) >= 11 is 0. The Bertz CT molecular complexity index is 1270. The van der Waals surface area contributed by atoms with Gasteiger partial charge in [0.15, 0.2) is 0 Å². The number of rotatable bonds is 63. The number of aliphatic hydroxyl groups excluding tert-OH is 2. The molecule has 0 aromatic carbocycles. The van der Waals surface area contributed by atoms with Gasteiger partial charge in [-0.15, -0.1) is 0 Å². The van der Waals surface area contributed by atoms with Gasteiger partial charge in [0.2, 0.25) is 5.91 Å². The topological polar surface area (TPSA) is 95.9 Å². The second kappa shape index (κ2) is 65.3. The number of ether oxygens (including phenoxy) is 1. The van der Waals surface area contributed by atoms with Crippen molar-refractivity contribution in [3.8, 4) is 0 Å². The Balaban J connectivity index is 3.44. The lowest BCUT2D eigenvalue weighted by Gasteiger charge is -2.20. The average molecular weight is 1070 g/mol. The van der Waals surface area contributed by atoms with Crippen molar-refractivity contribution in [2.45, 2.75) is 373 Å². The Labute approximate surface area is 474 Å². The number of aliphatic hydroxyl groups is 2. The molecule has 0 radical (unpaired) electrons. The Kier molecular flexibility index (Phi) is 63.5. The Morgan fingerprint density at radius 2 is 0.658 bits per heavy atom. The van der Waals surface area contributed by atoms with Gasteiger partial charge >= 0.3 is 5.97 Å². The molecule has 0 aromatic rings. The van der Waals surface area contributed by atoms with Crippen LogP contribution in [0.25, 0.3) is 0 Å². The zero-order chi connectivity index (χ0) is 55.0. The normalized spacial score (nSPS) is 12.8. The molecule has 0 fully saturated rings. The van der Waals surface area contributed by atoms with Crippen LogP contribution in [0.4, 0.5) is 0 Å². The minimum Gasteiger partial charge on any atom is -0.466 e. The molecular weight excluding hydrogens is 935 g/mol. The fraction of sp³-hybridized carbons (Fsp3) is 0.857. The van der Waals surface area contributed by atoms with Crippen molar-refractivity contribution in [3.05, 3.63) is 48.6 Å². The van der Waals surface area contributed by atoms with Crippen molar-refractivity contribution < 1.29 is 24.5 Å². The van der Waals surface area contributed by atoms with E-state index in [0.29, 0.717) is 19.4 Å². The molecule has 76 heavy (non-hydrogen) atoms. The second-order valence-electron chi connectivity index (χ2n) is 23.1. The van der Waals surface area contributed by atoms with E-state index >= 15 is 0 Å². The van der Waals surface area contributed by atoms with Gasteiger partial charge in [-0.3, -0.25) is 9.59 Å². The number of carbonyl (C=O) groups excluding carboxylic acids is 2. The molecule has 6 nitrogen and oxygen atoms in total. The highest BCUT2D eigenvalue weighted by atomic mass is 16.5. The molecule has 3 N–H and O–H groups in total. The van der Waals surface area contributed by atoms with Crippen LogP contribution in [0, 0.1) is 0 Å². The Morgan fingerprint density at radius 1 is 0.368 bits per heavy atom. The molecule has 0 saturated carbocycles. The van der Waals surface area contributed by atoms with Gasteiger partial charge in [-0.25, -0.2) is 0 Å². The summed E-state index contributed by atoms with van der Waals surface area (Å²) in [6.45, 7) is 4.89. The fourth-order valence-corrected chi connectivity index (χ4v) is 10.4. The number of carbonyl (C=O) groups is 2. The Morgan fingerprint density at radius 3 is 1.04 bits per heavy atom. The highest BCUT2D eigenvalue weighted by molar-refractivity contribution is 5.76. The van der Waals surface area contributed by atoms with Crippen LogP contribution in [0.15, 0.2) is 48.6 Å². The first-order valence-electron chi connectivity index (χ1n) is 33.9. The predicted molar refractivity (Wildman–Crippen MR) is 333 cm³/mol. The number of nitrogens with one attached hydrogen (secondary N) is 1. The SMILES string of the molecule is CCCCC/C=C\CCCCCCCC(=O)OCCCCCCCCCCC/C=C\C/C=C\CCCCCCCCCCCCCCCC(=O)NC(CO)C(O)/C=C/CCCCCCCCCCCCCCCCCC. The third-order valence-electron chi connectivity index (χ3n) is 15.6. The van der Waals surface area contributed by atoms with Gasteiger partial charge in [0.25, 0.3) is 0 Å². The van der Waals surface area contributed by atoms with E-state index in [1.165, 1.54) is 283 Å². The number of amides is 1. The first-order valence-corrected chi connectivity index (χ1v) is 33.9. The van der Waals surface area contributed by atoms with Crippen molar-refractivity contribution in [3.63, 3.8) is 0 Å². The minimum atomic E-state index is -0.846. The highest BCUT2D eigenvalue weighted by Crippen LogP contribution is 2.17. The average Bonchev–Trinajstić information content (AvgIpc) is 3.42. The molecule has 2 atom stereocenters. The monoisotopic (exact) mass is 1070 g/mol. The summed E-state index contributed by atoms with van der Waals surface area (Å²) in [6, 6.07) is -0.630. The standard InChI is InChI=1S/C70H131NO5/c1-3-5-7-9-11-13-15-17-18-19-33-36-39-42-46-50-54-58-62-68(73)67(66-72)71-69(74)63-59-55-51-47-43-40-37-34-31-29-27-25-23-21-20-22-24-26-28-30-32-35-38-41-45-49-53-57-61-65-76-70(75)64-60-56-52-48-44-16-14-12-10-8-6-4-2/h12,14,20,22,26,28,58,62,67-68,72-73H,3-11,13,15-19,21,23-25,27,29-57,59-61,63-66H2,1-2H3,(H,71,74)/b14-12-,22-20-,28-26-,62-58+. The third-order valence-corrected chi connectivity index (χ3v) is 15.6. The highest BCUT2D eigenvalue weighted by Gasteiger charge is 2.18. The van der Waals surface area contributed by atoms with Gasteiger partial charge < -0.3 is 20.3 Å². The van der Waals surface area contributed by atoms with Crippen LogP contribution in [0.2, 0.25) is 0 Å². The minimum absolute atomic E-state index is 0.00145. The Hall–Kier alpha value is -2.18. The molecule has 6 heteroatoms. The molecule has 446 valence electrons. The van der Waals surface area contributed by atoms with E-state index in [1.54, 1.807) is 6.08 Å². The van der Waals surface area contributed by atoms with Gasteiger partial charge in [-0.05, 0) is 89.9 Å². The quantitative estimate of drug-likeness (QED) is 0.0320. The van der Waals surface area contributed by atoms with Crippen LogP contribution in [-0.2, 0) is 14.3 Å². The maximum absolute atomic E-state index is 12.5. The molecule has 0 aliphatic heterocycles. The van der Waals surface area contributed by atoms with E-state index in [-0.39, 0.29) is 18.5 Å². The molecule has 0 bridgehead atoms. The number of unbranched alkanes of at least 4 members (excludes halogenated alkanes) is 46. The zero-order valence-corrected chi connectivity index (χ0v) is 51.0. The van der Waals surface area contributed by atoms with Crippen LogP contribution >= 0.6 is 0 Å². The van der Waals surface area contributed by atoms with E-state index in [1.807, 2.05) is 6.08 Å². The lowest BCUT2D eigenvalue weighted by molar-refractivity contribution is -0.143. The fourth-order valence-electron chi connectivity index (χ4n) is 10.4. The van der Waals surface area contributed by atoms with Crippen molar-refractivity contribution in [1.82, 2.24) is 5.32 Å². The molecule has 0 aliphatic rings. The summed E-state index contributed by atoms with van der Waals surface area (Å²) in [7, 11) is 0. The van der Waals surface area contributed by atoms with Gasteiger partial charge in [-0.2, -0.15) is 0 Å². The van der Waals surface area contributed by atoms with Gasteiger partial charge in [0, 0.05) is 12.8 Å². The van der Waals surface area contributed by atoms with E-state index in [4.69, 9.17) is 4.74 Å². The molecule has 0 aromatic heterocycles. The molecule has 0 rings (SSSR count). The van der Waals surface area contributed by atoms with Crippen molar-refractivity contribution in [1.29, 1.82) is 0 Å². The van der Waals surface area contributed by atoms with E-state index in [9.17, 15) is 19.8 Å². The lowest BCUT2D eigenvalue weighted by Crippen LogP contribution is -2.45.